The highest BCUT2D eigenvalue weighted by Gasteiger charge is 2.16. The molecular weight excluding hydrogens is 279 g/mol. The van der Waals surface area contributed by atoms with Gasteiger partial charge in [-0.05, 0) is 36.5 Å². The molecule has 0 aliphatic heterocycles. The summed E-state index contributed by atoms with van der Waals surface area (Å²) in [7, 11) is 0. The van der Waals surface area contributed by atoms with Gasteiger partial charge in [0.1, 0.15) is 5.82 Å². The van der Waals surface area contributed by atoms with Gasteiger partial charge in [-0.1, -0.05) is 61.2 Å². The van der Waals surface area contributed by atoms with Crippen LogP contribution in [0.5, 0.6) is 0 Å². The lowest BCUT2D eigenvalue weighted by atomic mass is 9.92. The standard InChI is InChI=1S/C15H22BrF/c1-3-5-6-13(4-2)15(16)11-12-7-9-14(17)10-8-12/h7-10,13,15H,3-6,11H2,1-2H3. The first kappa shape index (κ1) is 14.7. The van der Waals surface area contributed by atoms with Crippen molar-refractivity contribution in [1.29, 1.82) is 0 Å². The molecule has 1 aromatic rings. The zero-order valence-electron chi connectivity index (χ0n) is 10.8. The highest BCUT2D eigenvalue weighted by atomic mass is 79.9. The van der Waals surface area contributed by atoms with Crippen LogP contribution in [0.1, 0.15) is 45.1 Å². The molecule has 0 amide bonds. The van der Waals surface area contributed by atoms with Crippen molar-refractivity contribution >= 4 is 15.9 Å². The van der Waals surface area contributed by atoms with Gasteiger partial charge in [-0.15, -0.1) is 0 Å². The van der Waals surface area contributed by atoms with Gasteiger partial charge in [0, 0.05) is 4.83 Å². The average Bonchev–Trinajstić information content (AvgIpc) is 2.33. The van der Waals surface area contributed by atoms with Crippen LogP contribution in [0.2, 0.25) is 0 Å². The van der Waals surface area contributed by atoms with E-state index in [1.807, 2.05) is 12.1 Å². The van der Waals surface area contributed by atoms with Crippen molar-refractivity contribution in [2.75, 3.05) is 0 Å². The molecule has 2 heteroatoms. The van der Waals surface area contributed by atoms with Gasteiger partial charge in [-0.3, -0.25) is 0 Å². The number of hydrogen-bond acceptors (Lipinski definition) is 0. The Kier molecular flexibility index (Phi) is 6.79. The lowest BCUT2D eigenvalue weighted by Crippen LogP contribution is -2.16. The Bertz CT molecular complexity index is 307. The number of benzene rings is 1. The second kappa shape index (κ2) is 7.86. The Hall–Kier alpha value is -0.370. The minimum atomic E-state index is -0.155. The van der Waals surface area contributed by atoms with Crippen LogP contribution in [-0.2, 0) is 6.42 Å². The van der Waals surface area contributed by atoms with Gasteiger partial charge >= 0.3 is 0 Å². The first-order valence-electron chi connectivity index (χ1n) is 6.55. The van der Waals surface area contributed by atoms with Crippen molar-refractivity contribution in [2.24, 2.45) is 5.92 Å². The van der Waals surface area contributed by atoms with Crippen LogP contribution in [-0.4, -0.2) is 4.83 Å². The van der Waals surface area contributed by atoms with Gasteiger partial charge in [-0.2, -0.15) is 0 Å². The molecule has 0 heterocycles. The van der Waals surface area contributed by atoms with E-state index in [2.05, 4.69) is 29.8 Å². The molecule has 0 bridgehead atoms. The largest absolute Gasteiger partial charge is 0.207 e. The smallest absolute Gasteiger partial charge is 0.123 e. The second-order valence-corrected chi connectivity index (χ2v) is 5.83. The van der Waals surface area contributed by atoms with Crippen molar-refractivity contribution in [3.05, 3.63) is 35.6 Å². The number of unbranched alkanes of at least 4 members (excludes halogenated alkanes) is 1. The first-order chi connectivity index (χ1) is 8.17. The van der Waals surface area contributed by atoms with Crippen LogP contribution in [0.25, 0.3) is 0 Å². The predicted molar refractivity (Wildman–Crippen MR) is 76.1 cm³/mol. The molecule has 1 aromatic carbocycles. The molecule has 0 saturated carbocycles. The van der Waals surface area contributed by atoms with Gasteiger partial charge in [0.05, 0.1) is 0 Å². The van der Waals surface area contributed by atoms with E-state index in [1.54, 1.807) is 12.1 Å². The van der Waals surface area contributed by atoms with Crippen LogP contribution in [0.15, 0.2) is 24.3 Å². The average molecular weight is 301 g/mol. The zero-order chi connectivity index (χ0) is 12.7. The third kappa shape index (κ3) is 5.20. The van der Waals surface area contributed by atoms with Crippen LogP contribution >= 0.6 is 15.9 Å². The normalized spacial score (nSPS) is 14.6. The predicted octanol–water partition coefficient (Wildman–Crippen LogP) is 5.35. The monoisotopic (exact) mass is 300 g/mol. The minimum absolute atomic E-state index is 0.155. The number of alkyl halides is 1. The van der Waals surface area contributed by atoms with Crippen molar-refractivity contribution in [1.82, 2.24) is 0 Å². The Labute approximate surface area is 113 Å². The summed E-state index contributed by atoms with van der Waals surface area (Å²) in [5, 5.41) is 0. The summed E-state index contributed by atoms with van der Waals surface area (Å²) in [6.45, 7) is 4.48. The fourth-order valence-electron chi connectivity index (χ4n) is 2.12. The number of halogens is 2. The van der Waals surface area contributed by atoms with Gasteiger partial charge in [0.25, 0.3) is 0 Å². The van der Waals surface area contributed by atoms with Crippen molar-refractivity contribution in [3.8, 4) is 0 Å². The Morgan fingerprint density at radius 2 is 1.82 bits per heavy atom. The Morgan fingerprint density at radius 1 is 1.18 bits per heavy atom. The number of hydrogen-bond donors (Lipinski definition) is 0. The fraction of sp³-hybridized carbons (Fsp3) is 0.600. The third-order valence-electron chi connectivity index (χ3n) is 3.31. The van der Waals surface area contributed by atoms with Gasteiger partial charge < -0.3 is 0 Å². The van der Waals surface area contributed by atoms with Crippen LogP contribution < -0.4 is 0 Å². The van der Waals surface area contributed by atoms with Gasteiger partial charge in [0.2, 0.25) is 0 Å². The maximum absolute atomic E-state index is 12.8. The van der Waals surface area contributed by atoms with E-state index in [-0.39, 0.29) is 5.82 Å². The molecule has 0 fully saturated rings. The molecule has 0 aliphatic carbocycles. The minimum Gasteiger partial charge on any atom is -0.207 e. The topological polar surface area (TPSA) is 0 Å². The number of rotatable bonds is 7. The zero-order valence-corrected chi connectivity index (χ0v) is 12.3. The lowest BCUT2D eigenvalue weighted by Gasteiger charge is -2.21. The molecule has 17 heavy (non-hydrogen) atoms. The van der Waals surface area contributed by atoms with E-state index in [4.69, 9.17) is 0 Å². The summed E-state index contributed by atoms with van der Waals surface area (Å²) in [5.41, 5.74) is 1.21. The summed E-state index contributed by atoms with van der Waals surface area (Å²) >= 11 is 3.80. The third-order valence-corrected chi connectivity index (χ3v) is 4.38. The van der Waals surface area contributed by atoms with Crippen molar-refractivity contribution < 1.29 is 4.39 Å². The summed E-state index contributed by atoms with van der Waals surface area (Å²) < 4.78 is 12.8. The molecule has 2 unspecified atom stereocenters. The lowest BCUT2D eigenvalue weighted by molar-refractivity contribution is 0.437. The maximum Gasteiger partial charge on any atom is 0.123 e. The van der Waals surface area contributed by atoms with Gasteiger partial charge in [0.15, 0.2) is 0 Å². The van der Waals surface area contributed by atoms with E-state index in [0.717, 1.165) is 12.3 Å². The van der Waals surface area contributed by atoms with E-state index < -0.39 is 0 Å². The van der Waals surface area contributed by atoms with Crippen LogP contribution in [0.4, 0.5) is 4.39 Å². The van der Waals surface area contributed by atoms with E-state index in [9.17, 15) is 4.39 Å². The molecule has 0 spiro atoms. The molecule has 0 saturated heterocycles. The highest BCUT2D eigenvalue weighted by Crippen LogP contribution is 2.25. The summed E-state index contributed by atoms with van der Waals surface area (Å²) in [4.78, 5) is 0.504. The molecule has 0 radical (unpaired) electrons. The maximum atomic E-state index is 12.8. The highest BCUT2D eigenvalue weighted by molar-refractivity contribution is 9.09. The van der Waals surface area contributed by atoms with Gasteiger partial charge in [-0.25, -0.2) is 4.39 Å². The Balaban J connectivity index is 2.51. The molecule has 96 valence electrons. The first-order valence-corrected chi connectivity index (χ1v) is 7.47. The van der Waals surface area contributed by atoms with E-state index in [0.29, 0.717) is 4.83 Å². The van der Waals surface area contributed by atoms with Crippen molar-refractivity contribution in [3.63, 3.8) is 0 Å². The molecule has 0 aliphatic rings. The van der Waals surface area contributed by atoms with Crippen LogP contribution in [0.3, 0.4) is 0 Å². The fourth-order valence-corrected chi connectivity index (χ4v) is 3.13. The molecule has 0 nitrogen and oxygen atoms in total. The SMILES string of the molecule is CCCCC(CC)C(Br)Cc1ccc(F)cc1. The summed E-state index contributed by atoms with van der Waals surface area (Å²) in [5.74, 6) is 0.568. The summed E-state index contributed by atoms with van der Waals surface area (Å²) in [6.07, 6.45) is 6.03. The van der Waals surface area contributed by atoms with E-state index in [1.165, 1.54) is 31.2 Å². The molecule has 0 N–H and O–H groups in total. The second-order valence-electron chi connectivity index (χ2n) is 4.66. The quantitative estimate of drug-likeness (QED) is 0.596. The summed E-state index contributed by atoms with van der Waals surface area (Å²) in [6, 6.07) is 6.86. The molecule has 1 rings (SSSR count). The van der Waals surface area contributed by atoms with E-state index >= 15 is 0 Å². The Morgan fingerprint density at radius 3 is 2.35 bits per heavy atom. The van der Waals surface area contributed by atoms with Crippen molar-refractivity contribution in [2.45, 2.75) is 50.8 Å². The molecule has 0 aromatic heterocycles. The molecular formula is C15H22BrF. The van der Waals surface area contributed by atoms with Crippen LogP contribution in [0, 0.1) is 11.7 Å². The molecule has 2 atom stereocenters.